The Morgan fingerprint density at radius 2 is 2.05 bits per heavy atom. The van der Waals surface area contributed by atoms with E-state index in [2.05, 4.69) is 0 Å². The number of rotatable bonds is 4. The van der Waals surface area contributed by atoms with Gasteiger partial charge < -0.3 is 4.74 Å². The minimum Gasteiger partial charge on any atom is -0.448 e. The van der Waals surface area contributed by atoms with Gasteiger partial charge >= 0.3 is 5.69 Å². The van der Waals surface area contributed by atoms with Crippen molar-refractivity contribution in [2.75, 3.05) is 0 Å². The maximum absolute atomic E-state index is 13.1. The standard InChI is InChI=1S/C13H8Cl2FNO3/c14-7-8-6-9(16)4-5-12(8)20-13-10(15)2-1-3-11(13)17(18)19/h1-6H,7H2. The van der Waals surface area contributed by atoms with Crippen LogP contribution in [0.2, 0.25) is 5.02 Å². The number of hydrogen-bond donors (Lipinski definition) is 0. The molecule has 2 rings (SSSR count). The fourth-order valence-electron chi connectivity index (χ4n) is 1.60. The third-order valence-electron chi connectivity index (χ3n) is 2.52. The molecule has 2 aromatic rings. The summed E-state index contributed by atoms with van der Waals surface area (Å²) in [5.41, 5.74) is 0.100. The summed E-state index contributed by atoms with van der Waals surface area (Å²) in [4.78, 5) is 10.3. The molecule has 104 valence electrons. The number of nitrogens with zero attached hydrogens (tertiary/aromatic N) is 1. The third kappa shape index (κ3) is 3.00. The molecule has 4 nitrogen and oxygen atoms in total. The van der Waals surface area contributed by atoms with Crippen molar-refractivity contribution in [3.63, 3.8) is 0 Å². The number of alkyl halides is 1. The Balaban J connectivity index is 2.47. The number of ether oxygens (including phenoxy) is 1. The molecule has 0 radical (unpaired) electrons. The van der Waals surface area contributed by atoms with E-state index < -0.39 is 10.7 Å². The molecule has 7 heteroatoms. The quantitative estimate of drug-likeness (QED) is 0.457. The molecule has 0 unspecified atom stereocenters. The molecule has 0 amide bonds. The predicted octanol–water partition coefficient (Wildman–Crippen LogP) is 4.92. The maximum atomic E-state index is 13.1. The first-order valence-electron chi connectivity index (χ1n) is 5.48. The summed E-state index contributed by atoms with van der Waals surface area (Å²) in [6.07, 6.45) is 0. The first kappa shape index (κ1) is 14.6. The first-order valence-corrected chi connectivity index (χ1v) is 6.39. The Labute approximate surface area is 123 Å². The molecule has 0 bridgehead atoms. The number of hydrogen-bond acceptors (Lipinski definition) is 3. The van der Waals surface area contributed by atoms with Crippen LogP contribution in [0.25, 0.3) is 0 Å². The van der Waals surface area contributed by atoms with E-state index in [0.29, 0.717) is 5.56 Å². The van der Waals surface area contributed by atoms with Crippen LogP contribution in [0.5, 0.6) is 11.5 Å². The van der Waals surface area contributed by atoms with Gasteiger partial charge in [-0.1, -0.05) is 17.7 Å². The van der Waals surface area contributed by atoms with Crippen LogP contribution < -0.4 is 4.74 Å². The zero-order chi connectivity index (χ0) is 14.7. The highest BCUT2D eigenvalue weighted by atomic mass is 35.5. The van der Waals surface area contributed by atoms with E-state index in [0.717, 1.165) is 0 Å². The number of benzene rings is 2. The summed E-state index contributed by atoms with van der Waals surface area (Å²) in [6.45, 7) is 0. The highest BCUT2D eigenvalue weighted by Gasteiger charge is 2.20. The van der Waals surface area contributed by atoms with Crippen LogP contribution in [0.4, 0.5) is 10.1 Å². The van der Waals surface area contributed by atoms with Gasteiger partial charge in [0, 0.05) is 11.6 Å². The van der Waals surface area contributed by atoms with Crippen molar-refractivity contribution in [2.45, 2.75) is 5.88 Å². The lowest BCUT2D eigenvalue weighted by atomic mass is 10.2. The molecule has 0 spiro atoms. The Morgan fingerprint density at radius 1 is 1.30 bits per heavy atom. The van der Waals surface area contributed by atoms with Crippen LogP contribution in [-0.2, 0) is 5.88 Å². The van der Waals surface area contributed by atoms with E-state index in [9.17, 15) is 14.5 Å². The molecule has 0 aliphatic carbocycles. The molecule has 0 N–H and O–H groups in total. The van der Waals surface area contributed by atoms with Crippen LogP contribution in [0.1, 0.15) is 5.56 Å². The van der Waals surface area contributed by atoms with Gasteiger partial charge in [-0.05, 0) is 24.3 Å². The van der Waals surface area contributed by atoms with E-state index in [1.807, 2.05) is 0 Å². The summed E-state index contributed by atoms with van der Waals surface area (Å²) in [5, 5.41) is 11.0. The molecule has 0 aromatic heterocycles. The van der Waals surface area contributed by atoms with Crippen molar-refractivity contribution in [1.29, 1.82) is 0 Å². The third-order valence-corrected chi connectivity index (χ3v) is 3.11. The second-order valence-electron chi connectivity index (χ2n) is 3.83. The SMILES string of the molecule is O=[N+]([O-])c1cccc(Cl)c1Oc1ccc(F)cc1CCl. The van der Waals surface area contributed by atoms with Crippen LogP contribution in [-0.4, -0.2) is 4.92 Å². The van der Waals surface area contributed by atoms with E-state index in [1.54, 1.807) is 0 Å². The van der Waals surface area contributed by atoms with E-state index in [4.69, 9.17) is 27.9 Å². The topological polar surface area (TPSA) is 52.4 Å². The Morgan fingerprint density at radius 3 is 2.70 bits per heavy atom. The number of halogens is 3. The summed E-state index contributed by atoms with van der Waals surface area (Å²) < 4.78 is 18.6. The fourth-order valence-corrected chi connectivity index (χ4v) is 2.02. The molecule has 0 heterocycles. The van der Waals surface area contributed by atoms with Crippen molar-refractivity contribution in [1.82, 2.24) is 0 Å². The molecular formula is C13H8Cl2FNO3. The van der Waals surface area contributed by atoms with E-state index >= 15 is 0 Å². The molecule has 0 saturated heterocycles. The first-order chi connectivity index (χ1) is 9.52. The molecule has 20 heavy (non-hydrogen) atoms. The summed E-state index contributed by atoms with van der Waals surface area (Å²) in [6, 6.07) is 7.90. The van der Waals surface area contributed by atoms with Gasteiger partial charge in [0.25, 0.3) is 0 Å². The van der Waals surface area contributed by atoms with Gasteiger partial charge in [0.05, 0.1) is 15.8 Å². The van der Waals surface area contributed by atoms with Crippen LogP contribution in [0.3, 0.4) is 0 Å². The number of nitro groups is 1. The van der Waals surface area contributed by atoms with Gasteiger partial charge in [-0.2, -0.15) is 0 Å². The Hall–Kier alpha value is -1.85. The van der Waals surface area contributed by atoms with Crippen LogP contribution >= 0.6 is 23.2 Å². The van der Waals surface area contributed by atoms with E-state index in [1.165, 1.54) is 36.4 Å². The second-order valence-corrected chi connectivity index (χ2v) is 4.51. The normalized spacial score (nSPS) is 10.3. The smallest absolute Gasteiger partial charge is 0.313 e. The molecule has 0 fully saturated rings. The lowest BCUT2D eigenvalue weighted by Gasteiger charge is -2.11. The van der Waals surface area contributed by atoms with Gasteiger partial charge in [-0.3, -0.25) is 10.1 Å². The highest BCUT2D eigenvalue weighted by Crippen LogP contribution is 2.39. The van der Waals surface area contributed by atoms with Crippen molar-refractivity contribution in [3.05, 3.63) is 62.9 Å². The summed E-state index contributed by atoms with van der Waals surface area (Å²) >= 11 is 11.6. The fraction of sp³-hybridized carbons (Fsp3) is 0.0769. The Bertz CT molecular complexity index is 664. The Kier molecular flexibility index (Phi) is 4.42. The molecule has 0 aliphatic heterocycles. The monoisotopic (exact) mass is 315 g/mol. The van der Waals surface area contributed by atoms with Gasteiger partial charge in [0.2, 0.25) is 5.75 Å². The molecule has 0 atom stereocenters. The van der Waals surface area contributed by atoms with Crippen molar-refractivity contribution < 1.29 is 14.1 Å². The van der Waals surface area contributed by atoms with Crippen LogP contribution in [0.15, 0.2) is 36.4 Å². The average Bonchev–Trinajstić information content (AvgIpc) is 2.42. The molecule has 0 saturated carbocycles. The summed E-state index contributed by atoms with van der Waals surface area (Å²) in [5.74, 6) is -0.345. The van der Waals surface area contributed by atoms with Gasteiger partial charge in [0.15, 0.2) is 0 Å². The maximum Gasteiger partial charge on any atom is 0.313 e. The van der Waals surface area contributed by atoms with Gasteiger partial charge in [0.1, 0.15) is 11.6 Å². The highest BCUT2D eigenvalue weighted by molar-refractivity contribution is 6.32. The minimum atomic E-state index is -0.606. The summed E-state index contributed by atoms with van der Waals surface area (Å²) in [7, 11) is 0. The lowest BCUT2D eigenvalue weighted by molar-refractivity contribution is -0.385. The lowest BCUT2D eigenvalue weighted by Crippen LogP contribution is -1.96. The molecule has 2 aromatic carbocycles. The van der Waals surface area contributed by atoms with Gasteiger partial charge in [-0.15, -0.1) is 11.6 Å². The largest absolute Gasteiger partial charge is 0.448 e. The van der Waals surface area contributed by atoms with Crippen molar-refractivity contribution in [2.24, 2.45) is 0 Å². The van der Waals surface area contributed by atoms with Crippen molar-refractivity contribution >= 4 is 28.9 Å². The number of para-hydroxylation sites is 1. The number of nitro benzene ring substituents is 1. The molecular weight excluding hydrogens is 308 g/mol. The van der Waals surface area contributed by atoms with E-state index in [-0.39, 0.29) is 28.1 Å². The van der Waals surface area contributed by atoms with Gasteiger partial charge in [-0.25, -0.2) is 4.39 Å². The predicted molar refractivity (Wildman–Crippen MR) is 74.1 cm³/mol. The van der Waals surface area contributed by atoms with Crippen molar-refractivity contribution in [3.8, 4) is 11.5 Å². The van der Waals surface area contributed by atoms with Crippen LogP contribution in [0, 0.1) is 15.9 Å². The average molecular weight is 316 g/mol. The second kappa shape index (κ2) is 6.07. The zero-order valence-corrected chi connectivity index (χ0v) is 11.5. The molecule has 0 aliphatic rings. The zero-order valence-electron chi connectivity index (χ0n) is 9.98. The minimum absolute atomic E-state index is 0.00530.